The molecule has 0 unspecified atom stereocenters. The molecular weight excluding hydrogens is 867 g/mol. The molecule has 0 spiro atoms. The summed E-state index contributed by atoms with van der Waals surface area (Å²) < 4.78 is 35.4. The van der Waals surface area contributed by atoms with Gasteiger partial charge in [-0.05, 0) is 77.6 Å². The fraction of sp³-hybridized carbons (Fsp3) is 0.0400. The Kier molecular flexibility index (Phi) is 9.39. The van der Waals surface area contributed by atoms with E-state index < -0.39 is 6.85 Å². The maximum Gasteiger partial charge on any atom is 0.0980 e. The Hall–Kier alpha value is -6.59. The number of furan rings is 2. The maximum absolute atomic E-state index is 7.23. The molecule has 0 fully saturated rings. The van der Waals surface area contributed by atoms with Gasteiger partial charge >= 0.3 is 0 Å². The zero-order valence-corrected chi connectivity index (χ0v) is 32.6. The summed E-state index contributed by atoms with van der Waals surface area (Å²) in [5, 5.41) is 0.944. The second-order valence-electron chi connectivity index (χ2n) is 13.2. The van der Waals surface area contributed by atoms with Crippen molar-refractivity contribution in [3.8, 4) is 61.7 Å². The number of hydrogen-bond acceptors (Lipinski definition) is 4. The SMILES string of the molecule is Cc1cc(-c2ccccc2)c(-n2c(-c3[c-]oc4ccc(-c5ccoc5)cc34)nc3ccccc32)c(-c2ccccc2)c1.[2H]C([2H])([2H])c1ccc(-c2[c-]cccc2)nc1.[Ir]. The van der Waals surface area contributed by atoms with Crippen molar-refractivity contribution >= 4 is 22.0 Å². The molecule has 10 rings (SSSR count). The largest absolute Gasteiger partial charge is 0.557 e. The van der Waals surface area contributed by atoms with Gasteiger partial charge in [-0.25, -0.2) is 0 Å². The third-order valence-corrected chi connectivity index (χ3v) is 9.55. The molecule has 10 aromatic rings. The van der Waals surface area contributed by atoms with E-state index in [1.54, 1.807) is 30.7 Å². The number of aromatic nitrogens is 3. The standard InChI is InChI=1S/C38H25N2O2.C12H10N.Ir/c1-25-20-30(26-10-4-2-5-11-26)37(31(21-25)27-12-6-3-7-13-27)40-35-15-9-8-14-34(35)39-38(40)33-24-42-36-17-16-28(22-32(33)36)29-18-19-41-23-29;1-10-7-8-12(13-9-10)11-5-3-2-4-6-11;/h2-23H,1H3;2-5,7-9H,1H3;/q2*-1;/i;1D3;. The molecule has 0 saturated heterocycles. The molecule has 0 amide bonds. The van der Waals surface area contributed by atoms with Crippen molar-refractivity contribution < 1.29 is 33.1 Å². The molecule has 56 heavy (non-hydrogen) atoms. The van der Waals surface area contributed by atoms with E-state index in [0.717, 1.165) is 83.7 Å². The van der Waals surface area contributed by atoms with Crippen LogP contribution >= 0.6 is 0 Å². The number of aryl methyl sites for hydroxylation is 2. The number of pyridine rings is 1. The number of benzene rings is 6. The Morgan fingerprint density at radius 3 is 2.07 bits per heavy atom. The summed E-state index contributed by atoms with van der Waals surface area (Å²) in [4.78, 5) is 9.34. The van der Waals surface area contributed by atoms with Crippen LogP contribution in [0, 0.1) is 26.1 Å². The second kappa shape index (κ2) is 16.0. The summed E-state index contributed by atoms with van der Waals surface area (Å²) in [6.07, 6.45) is 8.06. The molecule has 5 nitrogen and oxygen atoms in total. The molecule has 4 heterocycles. The van der Waals surface area contributed by atoms with E-state index in [1.165, 1.54) is 11.8 Å². The van der Waals surface area contributed by atoms with Crippen LogP contribution in [-0.4, -0.2) is 14.5 Å². The van der Waals surface area contributed by atoms with Crippen LogP contribution in [0.5, 0.6) is 0 Å². The van der Waals surface area contributed by atoms with Crippen LogP contribution in [0.2, 0.25) is 0 Å². The van der Waals surface area contributed by atoms with Crippen molar-refractivity contribution in [1.29, 1.82) is 0 Å². The molecule has 0 N–H and O–H groups in total. The zero-order valence-electron chi connectivity index (χ0n) is 33.2. The average molecular weight is 905 g/mol. The van der Waals surface area contributed by atoms with E-state index >= 15 is 0 Å². The predicted molar refractivity (Wildman–Crippen MR) is 222 cm³/mol. The van der Waals surface area contributed by atoms with Gasteiger partial charge in [-0.15, -0.1) is 35.9 Å². The summed E-state index contributed by atoms with van der Waals surface area (Å²) in [6, 6.07) is 55.9. The molecule has 0 aliphatic carbocycles. The van der Waals surface area contributed by atoms with E-state index in [1.807, 2.05) is 42.5 Å². The van der Waals surface area contributed by atoms with Gasteiger partial charge in [0, 0.05) is 59.0 Å². The van der Waals surface area contributed by atoms with Gasteiger partial charge in [0.25, 0.3) is 0 Å². The Bertz CT molecular complexity index is 2920. The van der Waals surface area contributed by atoms with Crippen molar-refractivity contribution in [2.45, 2.75) is 13.8 Å². The van der Waals surface area contributed by atoms with Gasteiger partial charge in [-0.3, -0.25) is 4.98 Å². The average Bonchev–Trinajstić information content (AvgIpc) is 4.04. The van der Waals surface area contributed by atoms with Gasteiger partial charge in [-0.1, -0.05) is 114 Å². The summed E-state index contributed by atoms with van der Waals surface area (Å²) in [5.74, 6) is 0.775. The number of rotatable bonds is 6. The van der Waals surface area contributed by atoms with Crippen molar-refractivity contribution in [3.05, 3.63) is 200 Å². The first-order valence-corrected chi connectivity index (χ1v) is 18.0. The number of imidazole rings is 1. The minimum atomic E-state index is -2.09. The molecular formula is C50H35IrN3O2-2. The molecule has 1 radical (unpaired) electrons. The Morgan fingerprint density at radius 1 is 0.679 bits per heavy atom. The molecule has 0 aliphatic heterocycles. The molecule has 4 aromatic heterocycles. The quantitative estimate of drug-likeness (QED) is 0.156. The Balaban J connectivity index is 0.000000240. The maximum atomic E-state index is 7.23. The third kappa shape index (κ3) is 7.16. The van der Waals surface area contributed by atoms with Crippen molar-refractivity contribution in [2.75, 3.05) is 0 Å². The van der Waals surface area contributed by atoms with Crippen LogP contribution in [0.25, 0.3) is 83.7 Å². The smallest absolute Gasteiger partial charge is 0.0980 e. The van der Waals surface area contributed by atoms with Crippen LogP contribution in [0.15, 0.2) is 185 Å². The van der Waals surface area contributed by atoms with Crippen LogP contribution in [0.4, 0.5) is 0 Å². The first-order valence-electron chi connectivity index (χ1n) is 19.5. The van der Waals surface area contributed by atoms with Gasteiger partial charge in [0.15, 0.2) is 0 Å². The topological polar surface area (TPSA) is 57.0 Å². The summed E-state index contributed by atoms with van der Waals surface area (Å²) >= 11 is 0. The second-order valence-corrected chi connectivity index (χ2v) is 13.2. The van der Waals surface area contributed by atoms with Gasteiger partial charge in [0.1, 0.15) is 0 Å². The van der Waals surface area contributed by atoms with Crippen LogP contribution in [0.3, 0.4) is 0 Å². The first-order chi connectivity index (χ1) is 28.3. The minimum absolute atomic E-state index is 0. The van der Waals surface area contributed by atoms with Crippen LogP contribution < -0.4 is 0 Å². The molecule has 0 bridgehead atoms. The monoisotopic (exact) mass is 905 g/mol. The van der Waals surface area contributed by atoms with Crippen LogP contribution in [0.1, 0.15) is 15.2 Å². The normalized spacial score (nSPS) is 11.9. The fourth-order valence-electron chi connectivity index (χ4n) is 6.97. The molecule has 6 heteroatoms. The van der Waals surface area contributed by atoms with Gasteiger partial charge in [-0.2, -0.15) is 0 Å². The number of para-hydroxylation sites is 2. The number of nitrogens with zero attached hydrogens (tertiary/aromatic N) is 3. The molecule has 6 aromatic carbocycles. The number of fused-ring (bicyclic) bond motifs is 2. The predicted octanol–water partition coefficient (Wildman–Crippen LogP) is 13.0. The van der Waals surface area contributed by atoms with E-state index in [2.05, 4.69) is 126 Å². The zero-order chi connectivity index (χ0) is 39.6. The summed E-state index contributed by atoms with van der Waals surface area (Å²) in [5.41, 5.74) is 14.2. The van der Waals surface area contributed by atoms with Gasteiger partial charge in [0.2, 0.25) is 0 Å². The van der Waals surface area contributed by atoms with E-state index in [0.29, 0.717) is 0 Å². The summed E-state index contributed by atoms with van der Waals surface area (Å²) in [7, 11) is 0. The van der Waals surface area contributed by atoms with Crippen molar-refractivity contribution in [3.63, 3.8) is 0 Å². The van der Waals surface area contributed by atoms with Gasteiger partial charge in [0.05, 0.1) is 35.1 Å². The van der Waals surface area contributed by atoms with Gasteiger partial charge < -0.3 is 18.4 Å². The number of hydrogen-bond donors (Lipinski definition) is 0. The van der Waals surface area contributed by atoms with Crippen LogP contribution in [-0.2, 0) is 20.1 Å². The van der Waals surface area contributed by atoms with E-state index in [-0.39, 0.29) is 25.7 Å². The first kappa shape index (κ1) is 32.8. The molecule has 0 atom stereocenters. The van der Waals surface area contributed by atoms with E-state index in [4.69, 9.17) is 17.9 Å². The molecule has 0 saturated carbocycles. The van der Waals surface area contributed by atoms with Crippen molar-refractivity contribution in [2.24, 2.45) is 0 Å². The van der Waals surface area contributed by atoms with E-state index in [9.17, 15) is 0 Å². The molecule has 273 valence electrons. The fourth-order valence-corrected chi connectivity index (χ4v) is 6.97. The third-order valence-electron chi connectivity index (χ3n) is 9.55. The summed E-state index contributed by atoms with van der Waals surface area (Å²) in [6.45, 7) is 0.0658. The van der Waals surface area contributed by atoms with Crippen molar-refractivity contribution in [1.82, 2.24) is 14.5 Å². The minimum Gasteiger partial charge on any atom is -0.557 e. The Morgan fingerprint density at radius 2 is 1.41 bits per heavy atom. The Labute approximate surface area is 343 Å². The molecule has 0 aliphatic rings.